The minimum absolute atomic E-state index is 0.211. The SMILES string of the molecule is CCC(C(=O)O)C(=O)C=NOCl. The van der Waals surface area contributed by atoms with Crippen molar-refractivity contribution in [1.29, 1.82) is 0 Å². The maximum atomic E-state index is 10.9. The number of hydrogen-bond donors (Lipinski definition) is 1. The third-order valence-corrected chi connectivity index (χ3v) is 1.35. The number of halogens is 1. The summed E-state index contributed by atoms with van der Waals surface area (Å²) in [7, 11) is 0. The zero-order valence-corrected chi connectivity index (χ0v) is 7.11. The predicted molar refractivity (Wildman–Crippen MR) is 41.9 cm³/mol. The Morgan fingerprint density at radius 1 is 1.75 bits per heavy atom. The highest BCUT2D eigenvalue weighted by Crippen LogP contribution is 2.02. The molecular weight excluding hydrogens is 186 g/mol. The van der Waals surface area contributed by atoms with Gasteiger partial charge in [0.15, 0.2) is 17.6 Å². The second-order valence-corrected chi connectivity index (χ2v) is 2.14. The summed E-state index contributed by atoms with van der Waals surface area (Å²) >= 11 is 4.68. The second-order valence-electron chi connectivity index (χ2n) is 2.00. The molecule has 0 radical (unpaired) electrons. The first-order valence-corrected chi connectivity index (χ1v) is 3.52. The molecule has 0 aliphatic heterocycles. The number of carbonyl (C=O) groups is 2. The lowest BCUT2D eigenvalue weighted by Gasteiger charge is -2.02. The molecule has 1 N–H and O–H groups in total. The van der Waals surface area contributed by atoms with Crippen LogP contribution in [-0.2, 0) is 14.0 Å². The standard InChI is InChI=1S/C6H8ClNO4/c1-2-4(6(10)11)5(9)3-8-12-7/h3-4H,2H2,1H3,(H,10,11). The van der Waals surface area contributed by atoms with Crippen molar-refractivity contribution < 1.29 is 19.1 Å². The van der Waals surface area contributed by atoms with Gasteiger partial charge in [-0.05, 0) is 6.42 Å². The number of hydrogen-bond acceptors (Lipinski definition) is 4. The molecule has 0 aromatic carbocycles. The van der Waals surface area contributed by atoms with Gasteiger partial charge in [0.05, 0.1) is 0 Å². The van der Waals surface area contributed by atoms with Crippen molar-refractivity contribution in [2.24, 2.45) is 11.1 Å². The van der Waals surface area contributed by atoms with Gasteiger partial charge in [0.1, 0.15) is 12.1 Å². The molecule has 0 aromatic heterocycles. The topological polar surface area (TPSA) is 76.0 Å². The molecule has 0 aliphatic carbocycles. The molecular formula is C6H8ClNO4. The van der Waals surface area contributed by atoms with Crippen LogP contribution in [-0.4, -0.2) is 23.1 Å². The highest BCUT2D eigenvalue weighted by atomic mass is 35.5. The Hall–Kier alpha value is -1.10. The molecule has 12 heavy (non-hydrogen) atoms. The summed E-state index contributed by atoms with van der Waals surface area (Å²) in [5, 5.41) is 11.4. The fraction of sp³-hybridized carbons (Fsp3) is 0.500. The zero-order chi connectivity index (χ0) is 9.56. The molecule has 68 valence electrons. The molecule has 6 heteroatoms. The van der Waals surface area contributed by atoms with E-state index in [1.165, 1.54) is 0 Å². The number of rotatable bonds is 5. The first-order chi connectivity index (χ1) is 5.63. The smallest absolute Gasteiger partial charge is 0.314 e. The Bertz CT molecular complexity index is 204. The Morgan fingerprint density at radius 3 is 2.67 bits per heavy atom. The van der Waals surface area contributed by atoms with Crippen LogP contribution in [0.1, 0.15) is 13.3 Å². The fourth-order valence-electron chi connectivity index (χ4n) is 0.659. The Kier molecular flexibility index (Phi) is 5.03. The number of aliphatic carboxylic acids is 1. The highest BCUT2D eigenvalue weighted by Gasteiger charge is 2.22. The molecule has 0 rings (SSSR count). The van der Waals surface area contributed by atoms with Crippen molar-refractivity contribution in [3.63, 3.8) is 0 Å². The molecule has 1 unspecified atom stereocenters. The van der Waals surface area contributed by atoms with Crippen LogP contribution in [0.3, 0.4) is 0 Å². The van der Waals surface area contributed by atoms with Gasteiger partial charge in [0, 0.05) is 0 Å². The predicted octanol–water partition coefficient (Wildman–Crippen LogP) is 0.823. The number of carbonyl (C=O) groups excluding carboxylic acids is 1. The van der Waals surface area contributed by atoms with Crippen molar-refractivity contribution >= 4 is 29.8 Å². The van der Waals surface area contributed by atoms with Gasteiger partial charge in [-0.15, -0.1) is 0 Å². The van der Waals surface area contributed by atoms with Gasteiger partial charge in [0.25, 0.3) is 0 Å². The minimum atomic E-state index is -1.18. The van der Waals surface area contributed by atoms with Crippen LogP contribution in [0.15, 0.2) is 5.16 Å². The molecule has 0 fully saturated rings. The summed E-state index contributed by atoms with van der Waals surface area (Å²) in [5.74, 6) is -2.88. The van der Waals surface area contributed by atoms with Gasteiger partial charge < -0.3 is 5.11 Å². The number of carboxylic acid groups (broad SMARTS) is 1. The molecule has 0 bridgehead atoms. The van der Waals surface area contributed by atoms with E-state index < -0.39 is 17.7 Å². The van der Waals surface area contributed by atoms with Gasteiger partial charge in [-0.25, -0.2) is 0 Å². The summed E-state index contributed by atoms with van der Waals surface area (Å²) < 4.78 is 3.71. The first kappa shape index (κ1) is 10.9. The molecule has 0 aromatic rings. The second kappa shape index (κ2) is 5.54. The summed E-state index contributed by atoms with van der Waals surface area (Å²) in [6, 6.07) is 0. The zero-order valence-electron chi connectivity index (χ0n) is 6.36. The number of nitrogens with zero attached hydrogens (tertiary/aromatic N) is 1. The molecule has 0 spiro atoms. The van der Waals surface area contributed by atoms with E-state index in [1.54, 1.807) is 6.92 Å². The summed E-state index contributed by atoms with van der Waals surface area (Å²) in [5.41, 5.74) is 0. The van der Waals surface area contributed by atoms with Crippen LogP contribution in [0, 0.1) is 5.92 Å². The number of carboxylic acids is 1. The van der Waals surface area contributed by atoms with Gasteiger partial charge >= 0.3 is 5.97 Å². The van der Waals surface area contributed by atoms with Crippen molar-refractivity contribution in [2.75, 3.05) is 0 Å². The van der Waals surface area contributed by atoms with E-state index in [4.69, 9.17) is 5.11 Å². The normalized spacial score (nSPS) is 12.8. The van der Waals surface area contributed by atoms with Crippen LogP contribution in [0.4, 0.5) is 0 Å². The van der Waals surface area contributed by atoms with Crippen molar-refractivity contribution in [2.45, 2.75) is 13.3 Å². The number of Topliss-reactive ketones (excluding diaryl/α,β-unsaturated/α-hetero) is 1. The average molecular weight is 194 g/mol. The van der Waals surface area contributed by atoms with Crippen molar-refractivity contribution in [3.8, 4) is 0 Å². The van der Waals surface area contributed by atoms with E-state index in [1.807, 2.05) is 0 Å². The first-order valence-electron chi connectivity index (χ1n) is 3.21. The van der Waals surface area contributed by atoms with Gasteiger partial charge in [-0.2, -0.15) is 0 Å². The quantitative estimate of drug-likeness (QED) is 0.399. The van der Waals surface area contributed by atoms with Crippen LogP contribution in [0.25, 0.3) is 0 Å². The van der Waals surface area contributed by atoms with Crippen LogP contribution >= 0.6 is 11.9 Å². The lowest BCUT2D eigenvalue weighted by atomic mass is 10.0. The number of oxime groups is 1. The van der Waals surface area contributed by atoms with Crippen molar-refractivity contribution in [3.05, 3.63) is 0 Å². The molecule has 0 aliphatic rings. The summed E-state index contributed by atoms with van der Waals surface area (Å²) in [4.78, 5) is 21.3. The van der Waals surface area contributed by atoms with E-state index in [-0.39, 0.29) is 6.42 Å². The lowest BCUT2D eigenvalue weighted by molar-refractivity contribution is -0.144. The van der Waals surface area contributed by atoms with E-state index in [0.717, 1.165) is 6.21 Å². The maximum absolute atomic E-state index is 10.9. The average Bonchev–Trinajstić information content (AvgIpc) is 2.01. The van der Waals surface area contributed by atoms with Crippen molar-refractivity contribution in [1.82, 2.24) is 0 Å². The minimum Gasteiger partial charge on any atom is -0.481 e. The molecule has 1 atom stereocenters. The Labute approximate surface area is 74.1 Å². The third-order valence-electron chi connectivity index (χ3n) is 1.27. The van der Waals surface area contributed by atoms with Gasteiger partial charge in [-0.3, -0.25) is 14.0 Å². The van der Waals surface area contributed by atoms with Crippen LogP contribution < -0.4 is 0 Å². The van der Waals surface area contributed by atoms with E-state index in [9.17, 15) is 9.59 Å². The van der Waals surface area contributed by atoms with Crippen LogP contribution in [0.5, 0.6) is 0 Å². The van der Waals surface area contributed by atoms with E-state index >= 15 is 0 Å². The maximum Gasteiger partial charge on any atom is 0.314 e. The van der Waals surface area contributed by atoms with Crippen LogP contribution in [0.2, 0.25) is 0 Å². The number of ketones is 1. The fourth-order valence-corrected chi connectivity index (χ4v) is 0.699. The highest BCUT2D eigenvalue weighted by molar-refractivity contribution is 6.32. The lowest BCUT2D eigenvalue weighted by Crippen LogP contribution is -2.23. The molecule has 0 amide bonds. The Morgan fingerprint density at radius 2 is 2.33 bits per heavy atom. The van der Waals surface area contributed by atoms with Gasteiger partial charge in [-0.1, -0.05) is 12.1 Å². The summed E-state index contributed by atoms with van der Waals surface area (Å²) in [6.07, 6.45) is 0.956. The van der Waals surface area contributed by atoms with E-state index in [2.05, 4.69) is 21.4 Å². The third kappa shape index (κ3) is 3.34. The molecule has 0 heterocycles. The largest absolute Gasteiger partial charge is 0.481 e. The van der Waals surface area contributed by atoms with Gasteiger partial charge in [0.2, 0.25) is 0 Å². The molecule has 0 saturated heterocycles. The Balaban J connectivity index is 4.22. The molecule has 0 saturated carbocycles. The van der Waals surface area contributed by atoms with E-state index in [0.29, 0.717) is 0 Å². The summed E-state index contributed by atoms with van der Waals surface area (Å²) in [6.45, 7) is 1.59. The monoisotopic (exact) mass is 193 g/mol. The molecule has 5 nitrogen and oxygen atoms in total.